The zero-order valence-corrected chi connectivity index (χ0v) is 11.6. The lowest BCUT2D eigenvalue weighted by atomic mass is 10.0. The first-order valence-corrected chi connectivity index (χ1v) is 6.01. The molecule has 1 aromatic carbocycles. The summed E-state index contributed by atoms with van der Waals surface area (Å²) in [6.45, 7) is 1.57. The van der Waals surface area contributed by atoms with E-state index in [4.69, 9.17) is 9.47 Å². The molecule has 3 nitrogen and oxygen atoms in total. The molecule has 0 bridgehead atoms. The monoisotopic (exact) mass is 287 g/mol. The van der Waals surface area contributed by atoms with Crippen LogP contribution in [0.3, 0.4) is 0 Å². The highest BCUT2D eigenvalue weighted by molar-refractivity contribution is 9.10. The molecule has 0 saturated carbocycles. The van der Waals surface area contributed by atoms with Gasteiger partial charge in [-0.25, -0.2) is 0 Å². The molecule has 0 aromatic heterocycles. The maximum Gasteiger partial charge on any atom is 0.133 e. The van der Waals surface area contributed by atoms with E-state index in [0.717, 1.165) is 23.2 Å². The van der Waals surface area contributed by atoms with Crippen molar-refractivity contribution in [1.29, 1.82) is 0 Å². The van der Waals surface area contributed by atoms with Crippen LogP contribution in [0, 0.1) is 0 Å². The molecule has 0 atom stereocenters. The van der Waals surface area contributed by atoms with Crippen LogP contribution in [0.4, 0.5) is 0 Å². The van der Waals surface area contributed by atoms with Crippen LogP contribution in [0.2, 0.25) is 0 Å². The van der Waals surface area contributed by atoms with Crippen molar-refractivity contribution in [3.8, 4) is 5.75 Å². The zero-order valence-electron chi connectivity index (χ0n) is 9.97. The summed E-state index contributed by atoms with van der Waals surface area (Å²) in [6, 6.07) is 4.13. The number of benzene rings is 1. The van der Waals surface area contributed by atoms with Gasteiger partial charge in [0.1, 0.15) is 5.75 Å². The summed E-state index contributed by atoms with van der Waals surface area (Å²) in [5.41, 5.74) is 2.46. The maximum absolute atomic E-state index is 5.27. The Bertz CT molecular complexity index is 342. The highest BCUT2D eigenvalue weighted by Crippen LogP contribution is 2.29. The molecule has 0 amide bonds. The largest absolute Gasteiger partial charge is 0.496 e. The van der Waals surface area contributed by atoms with E-state index in [9.17, 15) is 0 Å². The second-order valence-electron chi connectivity index (χ2n) is 3.54. The molecule has 16 heavy (non-hydrogen) atoms. The van der Waals surface area contributed by atoms with Crippen molar-refractivity contribution in [3.05, 3.63) is 27.7 Å². The van der Waals surface area contributed by atoms with Gasteiger partial charge < -0.3 is 14.8 Å². The van der Waals surface area contributed by atoms with E-state index >= 15 is 0 Å². The number of halogens is 1. The third-order valence-corrected chi connectivity index (χ3v) is 3.04. The van der Waals surface area contributed by atoms with E-state index in [1.54, 1.807) is 14.2 Å². The lowest BCUT2D eigenvalue weighted by Gasteiger charge is -2.12. The van der Waals surface area contributed by atoms with Crippen molar-refractivity contribution in [3.63, 3.8) is 0 Å². The predicted molar refractivity (Wildman–Crippen MR) is 69.0 cm³/mol. The second kappa shape index (κ2) is 6.89. The van der Waals surface area contributed by atoms with Crippen molar-refractivity contribution in [2.75, 3.05) is 27.8 Å². The Morgan fingerprint density at radius 1 is 1.25 bits per heavy atom. The molecule has 1 aromatic rings. The Kier molecular flexibility index (Phi) is 5.80. The summed E-state index contributed by atoms with van der Waals surface area (Å²) in [6.07, 6.45) is 0.984. The van der Waals surface area contributed by atoms with Crippen LogP contribution in [0.25, 0.3) is 0 Å². The summed E-state index contributed by atoms with van der Waals surface area (Å²) < 4.78 is 11.5. The Morgan fingerprint density at radius 3 is 2.56 bits per heavy atom. The number of nitrogens with one attached hydrogen (secondary N) is 1. The molecular weight excluding hydrogens is 270 g/mol. The molecule has 0 aliphatic rings. The van der Waals surface area contributed by atoms with E-state index < -0.39 is 0 Å². The normalized spacial score (nSPS) is 10.5. The minimum Gasteiger partial charge on any atom is -0.496 e. The SMILES string of the molecule is CNCCc1cc(Br)c(OC)cc1COC. The van der Waals surface area contributed by atoms with E-state index in [1.165, 1.54) is 11.1 Å². The first kappa shape index (κ1) is 13.5. The van der Waals surface area contributed by atoms with Gasteiger partial charge in [0.15, 0.2) is 0 Å². The van der Waals surface area contributed by atoms with Crippen LogP contribution in [0.15, 0.2) is 16.6 Å². The Morgan fingerprint density at radius 2 is 2.00 bits per heavy atom. The zero-order chi connectivity index (χ0) is 12.0. The summed E-state index contributed by atoms with van der Waals surface area (Å²) in [7, 11) is 5.33. The molecule has 4 heteroatoms. The van der Waals surface area contributed by atoms with Gasteiger partial charge in [0.2, 0.25) is 0 Å². The Labute approximate surface area is 105 Å². The van der Waals surface area contributed by atoms with Crippen molar-refractivity contribution in [1.82, 2.24) is 5.32 Å². The molecule has 0 aliphatic heterocycles. The molecule has 0 unspecified atom stereocenters. The lowest BCUT2D eigenvalue weighted by Crippen LogP contribution is -2.12. The van der Waals surface area contributed by atoms with Crippen molar-refractivity contribution < 1.29 is 9.47 Å². The van der Waals surface area contributed by atoms with Crippen molar-refractivity contribution in [2.45, 2.75) is 13.0 Å². The van der Waals surface area contributed by atoms with Crippen molar-refractivity contribution >= 4 is 15.9 Å². The van der Waals surface area contributed by atoms with Crippen LogP contribution < -0.4 is 10.1 Å². The first-order chi connectivity index (χ1) is 7.72. The van der Waals surface area contributed by atoms with Crippen LogP contribution in [-0.2, 0) is 17.8 Å². The van der Waals surface area contributed by atoms with Gasteiger partial charge in [-0.2, -0.15) is 0 Å². The summed E-state index contributed by atoms with van der Waals surface area (Å²) in [5, 5.41) is 3.15. The standard InChI is InChI=1S/C12H18BrNO2/c1-14-5-4-9-6-11(13)12(16-3)7-10(9)8-15-2/h6-7,14H,4-5,8H2,1-3H3. The molecule has 0 fully saturated rings. The third kappa shape index (κ3) is 3.47. The lowest BCUT2D eigenvalue weighted by molar-refractivity contribution is 0.184. The molecule has 0 saturated heterocycles. The van der Waals surface area contributed by atoms with Gasteiger partial charge in [0.25, 0.3) is 0 Å². The van der Waals surface area contributed by atoms with Gasteiger partial charge in [0.05, 0.1) is 18.2 Å². The van der Waals surface area contributed by atoms with E-state index in [-0.39, 0.29) is 0 Å². The minimum absolute atomic E-state index is 0.614. The van der Waals surface area contributed by atoms with Crippen LogP contribution >= 0.6 is 15.9 Å². The van der Waals surface area contributed by atoms with Gasteiger partial charge in [-0.05, 0) is 59.2 Å². The van der Waals surface area contributed by atoms with Crippen LogP contribution in [0.1, 0.15) is 11.1 Å². The van der Waals surface area contributed by atoms with Gasteiger partial charge in [-0.3, -0.25) is 0 Å². The molecule has 0 radical (unpaired) electrons. The van der Waals surface area contributed by atoms with Gasteiger partial charge in [0, 0.05) is 7.11 Å². The highest BCUT2D eigenvalue weighted by atomic mass is 79.9. The fourth-order valence-corrected chi connectivity index (χ4v) is 2.13. The maximum atomic E-state index is 5.27. The predicted octanol–water partition coefficient (Wildman–Crippen LogP) is 2.37. The molecule has 90 valence electrons. The fraction of sp³-hybridized carbons (Fsp3) is 0.500. The fourth-order valence-electron chi connectivity index (χ4n) is 1.58. The number of methoxy groups -OCH3 is 2. The van der Waals surface area contributed by atoms with E-state index in [0.29, 0.717) is 6.61 Å². The quantitative estimate of drug-likeness (QED) is 0.871. The van der Waals surface area contributed by atoms with E-state index in [2.05, 4.69) is 27.3 Å². The Hall–Kier alpha value is -0.580. The van der Waals surface area contributed by atoms with Gasteiger partial charge in [-0.15, -0.1) is 0 Å². The van der Waals surface area contributed by atoms with Crippen LogP contribution in [0.5, 0.6) is 5.75 Å². The minimum atomic E-state index is 0.614. The first-order valence-electron chi connectivity index (χ1n) is 5.21. The van der Waals surface area contributed by atoms with Gasteiger partial charge in [-0.1, -0.05) is 0 Å². The molecule has 1 N–H and O–H groups in total. The number of likely N-dealkylation sites (N-methyl/N-ethyl adjacent to an activating group) is 1. The summed E-state index contributed by atoms with van der Waals surface area (Å²) in [4.78, 5) is 0. The molecule has 0 heterocycles. The summed E-state index contributed by atoms with van der Waals surface area (Å²) in [5.74, 6) is 0.847. The summed E-state index contributed by atoms with van der Waals surface area (Å²) >= 11 is 3.50. The smallest absolute Gasteiger partial charge is 0.133 e. The van der Waals surface area contributed by atoms with Crippen molar-refractivity contribution in [2.24, 2.45) is 0 Å². The van der Waals surface area contributed by atoms with E-state index in [1.807, 2.05) is 13.1 Å². The molecule has 0 aliphatic carbocycles. The van der Waals surface area contributed by atoms with Crippen LogP contribution in [-0.4, -0.2) is 27.8 Å². The second-order valence-corrected chi connectivity index (χ2v) is 4.40. The third-order valence-electron chi connectivity index (χ3n) is 2.42. The molecule has 1 rings (SSSR count). The number of hydrogen-bond donors (Lipinski definition) is 1. The number of ether oxygens (including phenoxy) is 2. The highest BCUT2D eigenvalue weighted by Gasteiger charge is 2.08. The average molecular weight is 288 g/mol. The van der Waals surface area contributed by atoms with Gasteiger partial charge >= 0.3 is 0 Å². The average Bonchev–Trinajstić information content (AvgIpc) is 2.29. The topological polar surface area (TPSA) is 30.5 Å². The number of hydrogen-bond acceptors (Lipinski definition) is 3. The number of rotatable bonds is 6. The molecular formula is C12H18BrNO2. The Balaban J connectivity index is 2.98. The molecule has 0 spiro atoms.